The first-order valence-electron chi connectivity index (χ1n) is 11.3. The van der Waals surface area contributed by atoms with Gasteiger partial charge in [-0.1, -0.05) is 66.4 Å². The van der Waals surface area contributed by atoms with Crippen LogP contribution < -0.4 is 5.32 Å². The van der Waals surface area contributed by atoms with Crippen LogP contribution in [0.1, 0.15) is 34.7 Å². The zero-order valence-corrected chi connectivity index (χ0v) is 20.3. The van der Waals surface area contributed by atoms with Crippen molar-refractivity contribution in [2.45, 2.75) is 18.0 Å². The molecule has 2 aromatic heterocycles. The molecule has 174 valence electrons. The average molecular weight is 481 g/mol. The first kappa shape index (κ1) is 22.8. The van der Waals surface area contributed by atoms with Crippen LogP contribution in [-0.4, -0.2) is 32.0 Å². The summed E-state index contributed by atoms with van der Waals surface area (Å²) in [5.41, 5.74) is 2.28. The highest BCUT2D eigenvalue weighted by Gasteiger charge is 2.19. The van der Waals surface area contributed by atoms with Crippen LogP contribution in [0.4, 0.5) is 0 Å². The number of carbonyl (C=O) groups excluding carboxylic acids is 2. The van der Waals surface area contributed by atoms with E-state index < -0.39 is 0 Å². The van der Waals surface area contributed by atoms with Gasteiger partial charge in [0.25, 0.3) is 0 Å². The Bertz CT molecular complexity index is 1560. The van der Waals surface area contributed by atoms with Crippen LogP contribution >= 0.6 is 11.8 Å². The van der Waals surface area contributed by atoms with E-state index in [0.717, 1.165) is 16.3 Å². The van der Waals surface area contributed by atoms with Crippen LogP contribution in [0.15, 0.2) is 90.2 Å². The summed E-state index contributed by atoms with van der Waals surface area (Å²) < 4.78 is 1.70. The molecule has 0 aliphatic carbocycles. The third-order valence-corrected chi connectivity index (χ3v) is 6.88. The maximum atomic E-state index is 13.2. The number of nitrogens with one attached hydrogen (secondary N) is 1. The van der Waals surface area contributed by atoms with Crippen molar-refractivity contribution in [2.24, 2.45) is 7.05 Å². The molecule has 1 atom stereocenters. The number of benzene rings is 3. The number of nitrogens with zero attached hydrogens (tertiary/aromatic N) is 3. The lowest BCUT2D eigenvalue weighted by Crippen LogP contribution is -2.28. The molecule has 1 amide bonds. The lowest BCUT2D eigenvalue weighted by atomic mass is 10.0. The molecule has 0 saturated heterocycles. The summed E-state index contributed by atoms with van der Waals surface area (Å²) in [6.45, 7) is 1.98. The number of ketones is 1. The van der Waals surface area contributed by atoms with Crippen LogP contribution in [-0.2, 0) is 11.8 Å². The number of pyridine rings is 1. The number of para-hydroxylation sites is 1. The van der Waals surface area contributed by atoms with E-state index in [-0.39, 0.29) is 23.5 Å². The predicted octanol–water partition coefficient (Wildman–Crippen LogP) is 5.32. The van der Waals surface area contributed by atoms with Crippen molar-refractivity contribution in [1.29, 1.82) is 0 Å². The number of rotatable bonds is 7. The SMILES string of the molecule is CC(NC(=O)CSc1cc(C(=O)c2nccn2C)c2ccccc2n1)c1ccc2ccccc2c1. The minimum Gasteiger partial charge on any atom is -0.349 e. The Balaban J connectivity index is 1.32. The quantitative estimate of drug-likeness (QED) is 0.252. The molecule has 0 aliphatic heterocycles. The topological polar surface area (TPSA) is 76.9 Å². The van der Waals surface area contributed by atoms with Gasteiger partial charge >= 0.3 is 0 Å². The molecular weight excluding hydrogens is 456 g/mol. The van der Waals surface area contributed by atoms with E-state index >= 15 is 0 Å². The van der Waals surface area contributed by atoms with Gasteiger partial charge in [0.1, 0.15) is 0 Å². The number of thioether (sulfide) groups is 1. The molecule has 5 aromatic rings. The maximum absolute atomic E-state index is 13.2. The number of carbonyl (C=O) groups is 2. The van der Waals surface area contributed by atoms with Gasteiger partial charge < -0.3 is 9.88 Å². The Hall–Kier alpha value is -3.97. The monoisotopic (exact) mass is 480 g/mol. The third kappa shape index (κ3) is 4.81. The second kappa shape index (κ2) is 9.72. The van der Waals surface area contributed by atoms with E-state index in [2.05, 4.69) is 39.6 Å². The first-order chi connectivity index (χ1) is 17.0. The summed E-state index contributed by atoms with van der Waals surface area (Å²) in [5.74, 6) is 0.286. The van der Waals surface area contributed by atoms with Crippen LogP contribution in [0.3, 0.4) is 0 Å². The van der Waals surface area contributed by atoms with Gasteiger partial charge in [-0.15, -0.1) is 0 Å². The van der Waals surface area contributed by atoms with E-state index in [1.807, 2.05) is 49.4 Å². The Morgan fingerprint density at radius 3 is 2.57 bits per heavy atom. The highest BCUT2D eigenvalue weighted by atomic mass is 32.2. The minimum absolute atomic E-state index is 0.0948. The zero-order chi connectivity index (χ0) is 24.4. The van der Waals surface area contributed by atoms with Crippen molar-refractivity contribution in [3.8, 4) is 0 Å². The normalized spacial score (nSPS) is 12.1. The average Bonchev–Trinajstić information content (AvgIpc) is 3.32. The summed E-state index contributed by atoms with van der Waals surface area (Å²) in [6, 6.07) is 23.5. The second-order valence-corrected chi connectivity index (χ2v) is 9.40. The molecular formula is C28H24N4O2S. The molecule has 0 fully saturated rings. The maximum Gasteiger partial charge on any atom is 0.230 e. The number of aromatic nitrogens is 3. The van der Waals surface area contributed by atoms with E-state index in [1.165, 1.54) is 17.1 Å². The van der Waals surface area contributed by atoms with Crippen LogP contribution in [0.5, 0.6) is 0 Å². The lowest BCUT2D eigenvalue weighted by molar-refractivity contribution is -0.119. The third-order valence-electron chi connectivity index (χ3n) is 5.96. The van der Waals surface area contributed by atoms with Gasteiger partial charge in [0.2, 0.25) is 11.7 Å². The number of hydrogen-bond donors (Lipinski definition) is 1. The molecule has 0 spiro atoms. The molecule has 0 aliphatic rings. The van der Waals surface area contributed by atoms with Gasteiger partial charge in [0.05, 0.1) is 22.3 Å². The Morgan fingerprint density at radius 1 is 1.00 bits per heavy atom. The summed E-state index contributed by atoms with van der Waals surface area (Å²) in [7, 11) is 1.79. The van der Waals surface area contributed by atoms with E-state index in [9.17, 15) is 9.59 Å². The highest BCUT2D eigenvalue weighted by Crippen LogP contribution is 2.26. The standard InChI is InChI=1S/C28H24N4O2S/c1-18(20-12-11-19-7-3-4-8-21(19)15-20)30-25(33)17-35-26-16-23(22-9-5-6-10-24(22)31-26)27(34)28-29-13-14-32(28)2/h3-16,18H,17H2,1-2H3,(H,30,33). The fourth-order valence-corrected chi connectivity index (χ4v) is 4.83. The van der Waals surface area contributed by atoms with Crippen LogP contribution in [0.2, 0.25) is 0 Å². The summed E-state index contributed by atoms with van der Waals surface area (Å²) in [5, 5.41) is 6.77. The van der Waals surface area contributed by atoms with Gasteiger partial charge in [-0.3, -0.25) is 9.59 Å². The van der Waals surface area contributed by atoms with Gasteiger partial charge in [-0.05, 0) is 41.5 Å². The Labute approximate surface area is 207 Å². The van der Waals surface area contributed by atoms with E-state index in [0.29, 0.717) is 21.9 Å². The van der Waals surface area contributed by atoms with Gasteiger partial charge in [0, 0.05) is 30.4 Å². The van der Waals surface area contributed by atoms with Crippen molar-refractivity contribution in [2.75, 3.05) is 5.75 Å². The first-order valence-corrected chi connectivity index (χ1v) is 12.3. The zero-order valence-electron chi connectivity index (χ0n) is 19.4. The van der Waals surface area contributed by atoms with Crippen molar-refractivity contribution in [3.63, 3.8) is 0 Å². The van der Waals surface area contributed by atoms with Gasteiger partial charge in [0.15, 0.2) is 5.82 Å². The van der Waals surface area contributed by atoms with Crippen molar-refractivity contribution in [1.82, 2.24) is 19.9 Å². The molecule has 0 saturated carbocycles. The van der Waals surface area contributed by atoms with Gasteiger partial charge in [-0.2, -0.15) is 0 Å². The van der Waals surface area contributed by atoms with Gasteiger partial charge in [-0.25, -0.2) is 9.97 Å². The fourth-order valence-electron chi connectivity index (χ4n) is 4.10. The Kier molecular flexibility index (Phi) is 6.33. The van der Waals surface area contributed by atoms with Crippen LogP contribution in [0, 0.1) is 0 Å². The van der Waals surface area contributed by atoms with E-state index in [4.69, 9.17) is 0 Å². The van der Waals surface area contributed by atoms with E-state index in [1.54, 1.807) is 30.1 Å². The molecule has 3 aromatic carbocycles. The molecule has 5 rings (SSSR count). The predicted molar refractivity (Wildman–Crippen MR) is 140 cm³/mol. The number of amides is 1. The van der Waals surface area contributed by atoms with Crippen LogP contribution in [0.25, 0.3) is 21.7 Å². The van der Waals surface area contributed by atoms with Crippen molar-refractivity contribution < 1.29 is 9.59 Å². The largest absolute Gasteiger partial charge is 0.349 e. The molecule has 0 bridgehead atoms. The highest BCUT2D eigenvalue weighted by molar-refractivity contribution is 7.99. The molecule has 1 unspecified atom stereocenters. The molecule has 7 heteroatoms. The number of fused-ring (bicyclic) bond motifs is 2. The fraction of sp³-hybridized carbons (Fsp3) is 0.143. The summed E-state index contributed by atoms with van der Waals surface area (Å²) >= 11 is 1.31. The summed E-state index contributed by atoms with van der Waals surface area (Å²) in [6.07, 6.45) is 3.35. The number of imidazole rings is 1. The number of aryl methyl sites for hydroxylation is 1. The second-order valence-electron chi connectivity index (χ2n) is 8.40. The molecule has 6 nitrogen and oxygen atoms in total. The lowest BCUT2D eigenvalue weighted by Gasteiger charge is -2.15. The number of hydrogen-bond acceptors (Lipinski definition) is 5. The molecule has 2 heterocycles. The Morgan fingerprint density at radius 2 is 1.77 bits per heavy atom. The smallest absolute Gasteiger partial charge is 0.230 e. The van der Waals surface area contributed by atoms with Crippen molar-refractivity contribution >= 4 is 45.1 Å². The minimum atomic E-state index is -0.174. The molecule has 1 N–H and O–H groups in total. The summed E-state index contributed by atoms with van der Waals surface area (Å²) in [4.78, 5) is 34.8. The molecule has 0 radical (unpaired) electrons. The van der Waals surface area contributed by atoms with Crippen molar-refractivity contribution in [3.05, 3.63) is 102 Å². The molecule has 35 heavy (non-hydrogen) atoms.